The molecule has 1 heterocycles. The van der Waals surface area contributed by atoms with Crippen LogP contribution in [0.3, 0.4) is 0 Å². The highest BCUT2D eigenvalue weighted by Gasteiger charge is 2.41. The summed E-state index contributed by atoms with van der Waals surface area (Å²) in [4.78, 5) is 15.6. The zero-order valence-electron chi connectivity index (χ0n) is 18.0. The normalized spacial score (nSPS) is 18.8. The number of hydrogen-bond donors (Lipinski definition) is 1. The van der Waals surface area contributed by atoms with Gasteiger partial charge in [0.1, 0.15) is 11.5 Å². The maximum absolute atomic E-state index is 13.5. The van der Waals surface area contributed by atoms with E-state index in [1.54, 1.807) is 32.4 Å². The van der Waals surface area contributed by atoms with Crippen molar-refractivity contribution in [1.82, 2.24) is 10.2 Å². The molecule has 1 fully saturated rings. The molecule has 0 radical (unpaired) electrons. The fourth-order valence-electron chi connectivity index (χ4n) is 4.36. The Bertz CT molecular complexity index is 617. The average molecular weight is 377 g/mol. The summed E-state index contributed by atoms with van der Waals surface area (Å²) in [5.74, 6) is 1.33. The highest BCUT2D eigenvalue weighted by molar-refractivity contribution is 5.95. The van der Waals surface area contributed by atoms with Crippen molar-refractivity contribution >= 4 is 5.91 Å². The zero-order valence-corrected chi connectivity index (χ0v) is 18.0. The number of hydrogen-bond acceptors (Lipinski definition) is 4. The van der Waals surface area contributed by atoms with Gasteiger partial charge in [0.05, 0.1) is 14.2 Å². The van der Waals surface area contributed by atoms with Gasteiger partial charge in [-0.25, -0.2) is 0 Å². The van der Waals surface area contributed by atoms with E-state index in [4.69, 9.17) is 9.47 Å². The standard InChI is InChI=1S/C22H36N2O3/c1-8-9-10-24(17-14-21(2,3)23-22(4,5)15-17)20(25)16-11-18(26-6)13-19(12-16)27-7/h11-13,17,23H,8-10,14-15H2,1-7H3. The number of piperidine rings is 1. The van der Waals surface area contributed by atoms with Crippen LogP contribution in [-0.4, -0.2) is 48.7 Å². The molecule has 0 bridgehead atoms. The summed E-state index contributed by atoms with van der Waals surface area (Å²) in [7, 11) is 3.21. The van der Waals surface area contributed by atoms with E-state index in [1.807, 2.05) is 0 Å². The Morgan fingerprint density at radius 2 is 1.59 bits per heavy atom. The van der Waals surface area contributed by atoms with Gasteiger partial charge in [-0.2, -0.15) is 0 Å². The number of unbranched alkanes of at least 4 members (excludes halogenated alkanes) is 1. The highest BCUT2D eigenvalue weighted by atomic mass is 16.5. The number of amides is 1. The number of carbonyl (C=O) groups excluding carboxylic acids is 1. The lowest BCUT2D eigenvalue weighted by atomic mass is 9.78. The number of methoxy groups -OCH3 is 2. The van der Waals surface area contributed by atoms with E-state index in [0.717, 1.165) is 32.2 Å². The second-order valence-electron chi connectivity index (χ2n) is 8.91. The first-order chi connectivity index (χ1) is 12.6. The molecule has 0 spiro atoms. The summed E-state index contributed by atoms with van der Waals surface area (Å²) >= 11 is 0. The first-order valence-corrected chi connectivity index (χ1v) is 9.94. The summed E-state index contributed by atoms with van der Waals surface area (Å²) in [6.45, 7) is 11.8. The summed E-state index contributed by atoms with van der Waals surface area (Å²) in [5.41, 5.74) is 0.600. The maximum Gasteiger partial charge on any atom is 0.254 e. The van der Waals surface area contributed by atoms with Crippen LogP contribution in [-0.2, 0) is 0 Å². The third-order valence-corrected chi connectivity index (χ3v) is 5.22. The molecule has 1 N–H and O–H groups in total. The molecular formula is C22H36N2O3. The van der Waals surface area contributed by atoms with Gasteiger partial charge in [-0.05, 0) is 59.1 Å². The van der Waals surface area contributed by atoms with Crippen molar-refractivity contribution in [2.75, 3.05) is 20.8 Å². The van der Waals surface area contributed by atoms with Crippen LogP contribution in [0.4, 0.5) is 0 Å². The third kappa shape index (κ3) is 5.61. The number of nitrogens with one attached hydrogen (secondary N) is 1. The molecule has 152 valence electrons. The summed E-state index contributed by atoms with van der Waals surface area (Å²) < 4.78 is 10.7. The minimum Gasteiger partial charge on any atom is -0.497 e. The van der Waals surface area contributed by atoms with Crippen LogP contribution in [0.1, 0.15) is 70.7 Å². The predicted octanol–water partition coefficient (Wildman–Crippen LogP) is 4.26. The molecule has 1 aliphatic rings. The van der Waals surface area contributed by atoms with Gasteiger partial charge in [-0.1, -0.05) is 13.3 Å². The molecule has 1 aliphatic heterocycles. The van der Waals surface area contributed by atoms with Crippen molar-refractivity contribution in [3.63, 3.8) is 0 Å². The Morgan fingerprint density at radius 3 is 2.04 bits per heavy atom. The van der Waals surface area contributed by atoms with Crippen molar-refractivity contribution in [2.24, 2.45) is 0 Å². The molecule has 1 amide bonds. The largest absolute Gasteiger partial charge is 0.497 e. The van der Waals surface area contributed by atoms with E-state index in [9.17, 15) is 4.79 Å². The lowest BCUT2D eigenvalue weighted by Crippen LogP contribution is -2.62. The minimum absolute atomic E-state index is 0.0107. The van der Waals surface area contributed by atoms with Crippen molar-refractivity contribution < 1.29 is 14.3 Å². The van der Waals surface area contributed by atoms with E-state index in [-0.39, 0.29) is 23.0 Å². The lowest BCUT2D eigenvalue weighted by Gasteiger charge is -2.49. The maximum atomic E-state index is 13.5. The Balaban J connectivity index is 2.36. The summed E-state index contributed by atoms with van der Waals surface area (Å²) in [6.07, 6.45) is 3.93. The topological polar surface area (TPSA) is 50.8 Å². The van der Waals surface area contributed by atoms with Crippen molar-refractivity contribution in [1.29, 1.82) is 0 Å². The Hall–Kier alpha value is -1.75. The van der Waals surface area contributed by atoms with Gasteiger partial charge in [0.2, 0.25) is 0 Å². The second kappa shape index (κ2) is 8.51. The Morgan fingerprint density at radius 1 is 1.07 bits per heavy atom. The Kier molecular flexibility index (Phi) is 6.79. The SMILES string of the molecule is CCCCN(C(=O)c1cc(OC)cc(OC)c1)C1CC(C)(C)NC(C)(C)C1. The molecular weight excluding hydrogens is 340 g/mol. The molecule has 0 aromatic heterocycles. The highest BCUT2D eigenvalue weighted by Crippen LogP contribution is 2.33. The molecule has 0 unspecified atom stereocenters. The van der Waals surface area contributed by atoms with Crippen LogP contribution in [0.25, 0.3) is 0 Å². The van der Waals surface area contributed by atoms with Crippen molar-refractivity contribution in [3.8, 4) is 11.5 Å². The molecule has 0 saturated carbocycles. The van der Waals surface area contributed by atoms with Crippen molar-refractivity contribution in [2.45, 2.75) is 77.4 Å². The van der Waals surface area contributed by atoms with Gasteiger partial charge in [0, 0.05) is 35.3 Å². The lowest BCUT2D eigenvalue weighted by molar-refractivity contribution is 0.0441. The van der Waals surface area contributed by atoms with Gasteiger partial charge in [-0.15, -0.1) is 0 Å². The second-order valence-corrected chi connectivity index (χ2v) is 8.91. The number of nitrogens with zero attached hydrogens (tertiary/aromatic N) is 1. The van der Waals surface area contributed by atoms with E-state index >= 15 is 0 Å². The van der Waals surface area contributed by atoms with Crippen LogP contribution in [0, 0.1) is 0 Å². The van der Waals surface area contributed by atoms with Crippen LogP contribution < -0.4 is 14.8 Å². The monoisotopic (exact) mass is 376 g/mol. The summed E-state index contributed by atoms with van der Waals surface area (Å²) in [5, 5.41) is 3.71. The van der Waals surface area contributed by atoms with E-state index in [1.165, 1.54) is 0 Å². The van der Waals surface area contributed by atoms with Crippen LogP contribution in [0.2, 0.25) is 0 Å². The predicted molar refractivity (Wildman–Crippen MR) is 110 cm³/mol. The van der Waals surface area contributed by atoms with Crippen LogP contribution in [0.15, 0.2) is 18.2 Å². The number of benzene rings is 1. The number of ether oxygens (including phenoxy) is 2. The van der Waals surface area contributed by atoms with Gasteiger partial charge in [0.15, 0.2) is 0 Å². The van der Waals surface area contributed by atoms with E-state index in [0.29, 0.717) is 17.1 Å². The fourth-order valence-corrected chi connectivity index (χ4v) is 4.36. The first-order valence-electron chi connectivity index (χ1n) is 9.94. The smallest absolute Gasteiger partial charge is 0.254 e. The summed E-state index contributed by atoms with van der Waals surface area (Å²) in [6, 6.07) is 5.61. The Labute approximate surface area is 164 Å². The molecule has 1 aromatic rings. The molecule has 1 aromatic carbocycles. The zero-order chi connectivity index (χ0) is 20.2. The van der Waals surface area contributed by atoms with Crippen LogP contribution >= 0.6 is 0 Å². The molecule has 27 heavy (non-hydrogen) atoms. The van der Waals surface area contributed by atoms with Gasteiger partial charge in [-0.3, -0.25) is 4.79 Å². The van der Waals surface area contributed by atoms with Crippen LogP contribution in [0.5, 0.6) is 11.5 Å². The van der Waals surface area contributed by atoms with E-state index in [2.05, 4.69) is 44.8 Å². The third-order valence-electron chi connectivity index (χ3n) is 5.22. The van der Waals surface area contributed by atoms with E-state index < -0.39 is 0 Å². The molecule has 0 atom stereocenters. The molecule has 5 nitrogen and oxygen atoms in total. The molecule has 5 heteroatoms. The van der Waals surface area contributed by atoms with Gasteiger partial charge < -0.3 is 19.7 Å². The van der Waals surface area contributed by atoms with Crippen molar-refractivity contribution in [3.05, 3.63) is 23.8 Å². The van der Waals surface area contributed by atoms with Gasteiger partial charge >= 0.3 is 0 Å². The molecule has 1 saturated heterocycles. The van der Waals surface area contributed by atoms with Gasteiger partial charge in [0.25, 0.3) is 5.91 Å². The first kappa shape index (κ1) is 21.5. The molecule has 2 rings (SSSR count). The molecule has 0 aliphatic carbocycles. The quantitative estimate of drug-likeness (QED) is 0.773. The minimum atomic E-state index is -0.0107. The number of rotatable bonds is 7. The number of carbonyl (C=O) groups is 1. The average Bonchev–Trinajstić information content (AvgIpc) is 2.58. The fraction of sp³-hybridized carbons (Fsp3) is 0.682.